The first-order chi connectivity index (χ1) is 10.3. The van der Waals surface area contributed by atoms with Crippen molar-refractivity contribution in [2.75, 3.05) is 6.61 Å². The Hall–Kier alpha value is -2.69. The summed E-state index contributed by atoms with van der Waals surface area (Å²) in [6.45, 7) is 2.45. The highest BCUT2D eigenvalue weighted by Gasteiger charge is 2.14. The lowest BCUT2D eigenvalue weighted by atomic mass is 10.2. The van der Waals surface area contributed by atoms with Crippen LogP contribution in [0.5, 0.6) is 5.75 Å². The lowest BCUT2D eigenvalue weighted by Crippen LogP contribution is -1.93. The van der Waals surface area contributed by atoms with E-state index in [1.165, 1.54) is 12.1 Å². The van der Waals surface area contributed by atoms with Gasteiger partial charge in [0.25, 0.3) is 5.89 Å². The summed E-state index contributed by atoms with van der Waals surface area (Å²) in [5.41, 5.74) is 1.26. The zero-order valence-corrected chi connectivity index (χ0v) is 11.4. The lowest BCUT2D eigenvalue weighted by molar-refractivity contribution is 0.340. The number of aromatic nitrogens is 2. The molecule has 4 nitrogen and oxygen atoms in total. The van der Waals surface area contributed by atoms with Gasteiger partial charge in [-0.15, -0.1) is 10.2 Å². The SMILES string of the molecule is CCOc1ccccc1-c1nnc(-c2cccc(F)c2)o1. The summed E-state index contributed by atoms with van der Waals surface area (Å²) >= 11 is 0. The summed E-state index contributed by atoms with van der Waals surface area (Å²) in [6, 6.07) is 13.5. The predicted octanol–water partition coefficient (Wildman–Crippen LogP) is 3.94. The quantitative estimate of drug-likeness (QED) is 0.728. The lowest BCUT2D eigenvalue weighted by Gasteiger charge is -2.06. The van der Waals surface area contributed by atoms with Gasteiger partial charge in [0.1, 0.15) is 11.6 Å². The van der Waals surface area contributed by atoms with Gasteiger partial charge in [-0.3, -0.25) is 0 Å². The Kier molecular flexibility index (Phi) is 3.64. The molecule has 0 spiro atoms. The van der Waals surface area contributed by atoms with Crippen LogP contribution in [-0.4, -0.2) is 16.8 Å². The third kappa shape index (κ3) is 2.76. The van der Waals surface area contributed by atoms with E-state index in [1.54, 1.807) is 12.1 Å². The number of rotatable bonds is 4. The minimum atomic E-state index is -0.345. The molecule has 21 heavy (non-hydrogen) atoms. The maximum absolute atomic E-state index is 13.2. The highest BCUT2D eigenvalue weighted by atomic mass is 19.1. The van der Waals surface area contributed by atoms with Crippen LogP contribution >= 0.6 is 0 Å². The van der Waals surface area contributed by atoms with Gasteiger partial charge in [-0.05, 0) is 37.3 Å². The molecule has 0 aliphatic heterocycles. The number of nitrogens with zero attached hydrogens (tertiary/aromatic N) is 2. The fourth-order valence-corrected chi connectivity index (χ4v) is 1.99. The fourth-order valence-electron chi connectivity index (χ4n) is 1.99. The Bertz CT molecular complexity index is 755. The van der Waals surface area contributed by atoms with Crippen LogP contribution in [0.2, 0.25) is 0 Å². The van der Waals surface area contributed by atoms with Gasteiger partial charge in [0, 0.05) is 5.56 Å². The van der Waals surface area contributed by atoms with Crippen molar-refractivity contribution in [3.63, 3.8) is 0 Å². The van der Waals surface area contributed by atoms with Crippen molar-refractivity contribution in [3.8, 4) is 28.7 Å². The van der Waals surface area contributed by atoms with Crippen LogP contribution in [0.4, 0.5) is 4.39 Å². The molecule has 0 atom stereocenters. The maximum atomic E-state index is 13.2. The van der Waals surface area contributed by atoms with E-state index in [2.05, 4.69) is 10.2 Å². The summed E-state index contributed by atoms with van der Waals surface area (Å²) in [6.07, 6.45) is 0. The first-order valence-corrected chi connectivity index (χ1v) is 6.59. The second kappa shape index (κ2) is 5.75. The van der Waals surface area contributed by atoms with Crippen LogP contribution < -0.4 is 4.74 Å². The standard InChI is InChI=1S/C16H13FN2O2/c1-2-20-14-9-4-3-8-13(14)16-19-18-15(21-16)11-6-5-7-12(17)10-11/h3-10H,2H2,1H3. The van der Waals surface area contributed by atoms with Gasteiger partial charge < -0.3 is 9.15 Å². The molecule has 0 aliphatic carbocycles. The molecule has 3 rings (SSSR count). The molecule has 0 saturated heterocycles. The maximum Gasteiger partial charge on any atom is 0.251 e. The van der Waals surface area contributed by atoms with Gasteiger partial charge in [-0.2, -0.15) is 0 Å². The summed E-state index contributed by atoms with van der Waals surface area (Å²) in [5, 5.41) is 7.98. The molecule has 0 fully saturated rings. The summed E-state index contributed by atoms with van der Waals surface area (Å²) in [7, 11) is 0. The van der Waals surface area contributed by atoms with Crippen LogP contribution in [0.3, 0.4) is 0 Å². The smallest absolute Gasteiger partial charge is 0.251 e. The second-order valence-electron chi connectivity index (χ2n) is 4.35. The van der Waals surface area contributed by atoms with Crippen molar-refractivity contribution in [3.05, 3.63) is 54.3 Å². The van der Waals surface area contributed by atoms with E-state index in [0.717, 1.165) is 5.56 Å². The minimum Gasteiger partial charge on any atom is -0.493 e. The average Bonchev–Trinajstić information content (AvgIpc) is 2.98. The average molecular weight is 284 g/mol. The topological polar surface area (TPSA) is 48.2 Å². The minimum absolute atomic E-state index is 0.274. The van der Waals surface area contributed by atoms with Crippen molar-refractivity contribution in [2.24, 2.45) is 0 Å². The van der Waals surface area contributed by atoms with Gasteiger partial charge in [-0.25, -0.2) is 4.39 Å². The number of ether oxygens (including phenoxy) is 1. The molecule has 106 valence electrons. The number of benzene rings is 2. The highest BCUT2D eigenvalue weighted by Crippen LogP contribution is 2.30. The third-order valence-corrected chi connectivity index (χ3v) is 2.91. The molecule has 0 saturated carbocycles. The Labute approximate surface area is 121 Å². The number of para-hydroxylation sites is 1. The molecule has 5 heteroatoms. The van der Waals surface area contributed by atoms with E-state index in [1.807, 2.05) is 31.2 Å². The van der Waals surface area contributed by atoms with Crippen LogP contribution in [0.1, 0.15) is 6.92 Å². The Balaban J connectivity index is 1.99. The first-order valence-electron chi connectivity index (χ1n) is 6.59. The van der Waals surface area contributed by atoms with Crippen LogP contribution in [-0.2, 0) is 0 Å². The zero-order chi connectivity index (χ0) is 14.7. The van der Waals surface area contributed by atoms with Crippen molar-refractivity contribution >= 4 is 0 Å². The van der Waals surface area contributed by atoms with Crippen LogP contribution in [0.25, 0.3) is 22.9 Å². The number of halogens is 1. The predicted molar refractivity (Wildman–Crippen MR) is 76.3 cm³/mol. The van der Waals surface area contributed by atoms with Crippen LogP contribution in [0, 0.1) is 5.82 Å². The molecule has 3 aromatic rings. The molecule has 0 radical (unpaired) electrons. The summed E-state index contributed by atoms with van der Waals surface area (Å²) in [5.74, 6) is 0.950. The fraction of sp³-hybridized carbons (Fsp3) is 0.125. The van der Waals surface area contributed by atoms with E-state index in [0.29, 0.717) is 23.8 Å². The Morgan fingerprint density at radius 3 is 2.67 bits per heavy atom. The first kappa shape index (κ1) is 13.3. The van der Waals surface area contributed by atoms with E-state index < -0.39 is 0 Å². The Morgan fingerprint density at radius 1 is 1.05 bits per heavy atom. The van der Waals surface area contributed by atoms with E-state index in [4.69, 9.17) is 9.15 Å². The second-order valence-corrected chi connectivity index (χ2v) is 4.35. The van der Waals surface area contributed by atoms with Crippen molar-refractivity contribution in [1.29, 1.82) is 0 Å². The van der Waals surface area contributed by atoms with Gasteiger partial charge in [-0.1, -0.05) is 18.2 Å². The van der Waals surface area contributed by atoms with Crippen molar-refractivity contribution in [1.82, 2.24) is 10.2 Å². The van der Waals surface area contributed by atoms with E-state index >= 15 is 0 Å². The molecule has 1 aromatic heterocycles. The van der Waals surface area contributed by atoms with Gasteiger partial charge in [0.05, 0.1) is 12.2 Å². The van der Waals surface area contributed by atoms with Gasteiger partial charge in [0.2, 0.25) is 5.89 Å². The molecule has 0 aliphatic rings. The summed E-state index contributed by atoms with van der Waals surface area (Å²) < 4.78 is 24.4. The largest absolute Gasteiger partial charge is 0.493 e. The molecular formula is C16H13FN2O2. The van der Waals surface area contributed by atoms with E-state index in [-0.39, 0.29) is 11.7 Å². The Morgan fingerprint density at radius 2 is 1.86 bits per heavy atom. The third-order valence-electron chi connectivity index (χ3n) is 2.91. The van der Waals surface area contributed by atoms with Gasteiger partial charge >= 0.3 is 0 Å². The van der Waals surface area contributed by atoms with Crippen LogP contribution in [0.15, 0.2) is 52.9 Å². The van der Waals surface area contributed by atoms with Gasteiger partial charge in [0.15, 0.2) is 0 Å². The monoisotopic (exact) mass is 284 g/mol. The molecule has 0 unspecified atom stereocenters. The summed E-state index contributed by atoms with van der Waals surface area (Å²) in [4.78, 5) is 0. The molecule has 1 heterocycles. The van der Waals surface area contributed by atoms with Crippen molar-refractivity contribution < 1.29 is 13.5 Å². The highest BCUT2D eigenvalue weighted by molar-refractivity contribution is 5.64. The molecule has 0 amide bonds. The zero-order valence-electron chi connectivity index (χ0n) is 11.4. The van der Waals surface area contributed by atoms with Crippen molar-refractivity contribution in [2.45, 2.75) is 6.92 Å². The van der Waals surface area contributed by atoms with E-state index in [9.17, 15) is 4.39 Å². The normalized spacial score (nSPS) is 10.6. The molecule has 0 bridgehead atoms. The molecule has 0 N–H and O–H groups in total. The number of hydrogen-bond donors (Lipinski definition) is 0. The molecule has 2 aromatic carbocycles. The number of hydrogen-bond acceptors (Lipinski definition) is 4. The molecular weight excluding hydrogens is 271 g/mol.